The molecule has 3 nitrogen and oxygen atoms in total. The quantitative estimate of drug-likeness (QED) is 0.507. The van der Waals surface area contributed by atoms with Crippen LogP contribution in [0.1, 0.15) is 61.3 Å². The zero-order chi connectivity index (χ0) is 15.5. The van der Waals surface area contributed by atoms with E-state index in [4.69, 9.17) is 5.84 Å². The predicted molar refractivity (Wildman–Crippen MR) is 90.1 cm³/mol. The van der Waals surface area contributed by atoms with Crippen LogP contribution in [0.3, 0.4) is 0 Å². The van der Waals surface area contributed by atoms with Crippen LogP contribution in [0, 0.1) is 13.8 Å². The first-order valence-electron chi connectivity index (χ1n) is 8.21. The Kier molecular flexibility index (Phi) is 5.42. The summed E-state index contributed by atoms with van der Waals surface area (Å²) in [7, 11) is 4.41. The standard InChI is InChI=1S/C18H31N3/c1-14-11-15(2)13-16(12-14)17(20-19)18(21(3)4)9-7-5-6-8-10-18/h11-13,17,20H,5-10,19H2,1-4H3. The molecule has 21 heavy (non-hydrogen) atoms. The molecule has 2 rings (SSSR count). The summed E-state index contributed by atoms with van der Waals surface area (Å²) in [4.78, 5) is 2.40. The molecule has 0 saturated heterocycles. The Bertz CT molecular complexity index is 439. The van der Waals surface area contributed by atoms with Crippen LogP contribution in [0.2, 0.25) is 0 Å². The van der Waals surface area contributed by atoms with Gasteiger partial charge in [0.05, 0.1) is 6.04 Å². The first kappa shape index (κ1) is 16.5. The number of nitrogens with zero attached hydrogens (tertiary/aromatic N) is 1. The summed E-state index contributed by atoms with van der Waals surface area (Å²) >= 11 is 0. The van der Waals surface area contributed by atoms with Crippen molar-refractivity contribution in [3.05, 3.63) is 34.9 Å². The van der Waals surface area contributed by atoms with E-state index in [1.54, 1.807) is 0 Å². The first-order chi connectivity index (χ1) is 9.99. The van der Waals surface area contributed by atoms with Gasteiger partial charge in [0, 0.05) is 5.54 Å². The number of aryl methyl sites for hydroxylation is 2. The van der Waals surface area contributed by atoms with Crippen LogP contribution in [0.5, 0.6) is 0 Å². The average molecular weight is 289 g/mol. The van der Waals surface area contributed by atoms with Crippen LogP contribution in [0.4, 0.5) is 0 Å². The van der Waals surface area contributed by atoms with E-state index >= 15 is 0 Å². The monoisotopic (exact) mass is 289 g/mol. The van der Waals surface area contributed by atoms with Crippen molar-refractivity contribution in [1.29, 1.82) is 0 Å². The van der Waals surface area contributed by atoms with Gasteiger partial charge in [-0.15, -0.1) is 0 Å². The minimum Gasteiger partial charge on any atom is -0.302 e. The number of rotatable bonds is 4. The Hall–Kier alpha value is -0.900. The van der Waals surface area contributed by atoms with Crippen LogP contribution in [-0.4, -0.2) is 24.5 Å². The molecule has 0 heterocycles. The summed E-state index contributed by atoms with van der Waals surface area (Å²) in [6, 6.07) is 6.98. The van der Waals surface area contributed by atoms with E-state index in [2.05, 4.69) is 56.5 Å². The molecular formula is C18H31N3. The van der Waals surface area contributed by atoms with Gasteiger partial charge in [0.25, 0.3) is 0 Å². The number of nitrogens with two attached hydrogens (primary N) is 1. The second-order valence-corrected chi connectivity index (χ2v) is 6.93. The lowest BCUT2D eigenvalue weighted by atomic mass is 9.78. The lowest BCUT2D eigenvalue weighted by molar-refractivity contribution is 0.0800. The molecule has 1 aromatic rings. The summed E-state index contributed by atoms with van der Waals surface area (Å²) in [5.41, 5.74) is 7.22. The van der Waals surface area contributed by atoms with Crippen molar-refractivity contribution in [1.82, 2.24) is 10.3 Å². The summed E-state index contributed by atoms with van der Waals surface area (Å²) in [5, 5.41) is 0. The van der Waals surface area contributed by atoms with Crippen molar-refractivity contribution >= 4 is 0 Å². The SMILES string of the molecule is Cc1cc(C)cc(C(NN)C2(N(C)C)CCCCCC2)c1. The number of hydrogen-bond acceptors (Lipinski definition) is 3. The third-order valence-corrected chi connectivity index (χ3v) is 5.14. The number of benzene rings is 1. The highest BCUT2D eigenvalue weighted by atomic mass is 15.3. The van der Waals surface area contributed by atoms with Crippen molar-refractivity contribution in [3.63, 3.8) is 0 Å². The number of likely N-dealkylation sites (N-methyl/N-ethyl adjacent to an activating group) is 1. The molecular weight excluding hydrogens is 258 g/mol. The third kappa shape index (κ3) is 3.47. The zero-order valence-electron chi connectivity index (χ0n) is 14.1. The topological polar surface area (TPSA) is 41.3 Å². The Balaban J connectivity index is 2.43. The molecule has 1 unspecified atom stereocenters. The zero-order valence-corrected chi connectivity index (χ0v) is 14.1. The molecule has 1 aromatic carbocycles. The summed E-state index contributed by atoms with van der Waals surface area (Å²) in [6.45, 7) is 4.33. The van der Waals surface area contributed by atoms with Gasteiger partial charge in [-0.2, -0.15) is 0 Å². The maximum absolute atomic E-state index is 6.03. The molecule has 0 aliphatic heterocycles. The van der Waals surface area contributed by atoms with Crippen molar-refractivity contribution in [2.24, 2.45) is 5.84 Å². The van der Waals surface area contributed by atoms with Crippen LogP contribution < -0.4 is 11.3 Å². The second kappa shape index (κ2) is 6.91. The Morgan fingerprint density at radius 1 is 1.00 bits per heavy atom. The van der Waals surface area contributed by atoms with Gasteiger partial charge < -0.3 is 4.90 Å². The smallest absolute Gasteiger partial charge is 0.0643 e. The third-order valence-electron chi connectivity index (χ3n) is 5.14. The Morgan fingerprint density at radius 3 is 1.95 bits per heavy atom. The van der Waals surface area contributed by atoms with Gasteiger partial charge in [-0.25, -0.2) is 0 Å². The normalized spacial score (nSPS) is 20.3. The average Bonchev–Trinajstić information content (AvgIpc) is 2.65. The van der Waals surface area contributed by atoms with E-state index in [9.17, 15) is 0 Å². The summed E-state index contributed by atoms with van der Waals surface area (Å²) in [5.74, 6) is 6.03. The van der Waals surface area contributed by atoms with Crippen molar-refractivity contribution in [3.8, 4) is 0 Å². The van der Waals surface area contributed by atoms with Gasteiger partial charge in [-0.05, 0) is 46.3 Å². The molecule has 0 radical (unpaired) electrons. The van der Waals surface area contributed by atoms with Gasteiger partial charge in [0.15, 0.2) is 0 Å². The van der Waals surface area contributed by atoms with Crippen LogP contribution in [0.25, 0.3) is 0 Å². The van der Waals surface area contributed by atoms with Crippen molar-refractivity contribution < 1.29 is 0 Å². The van der Waals surface area contributed by atoms with Crippen LogP contribution in [-0.2, 0) is 0 Å². The number of nitrogens with one attached hydrogen (secondary N) is 1. The molecule has 0 amide bonds. The molecule has 1 aliphatic rings. The van der Waals surface area contributed by atoms with Crippen molar-refractivity contribution in [2.45, 2.75) is 64.0 Å². The van der Waals surface area contributed by atoms with Gasteiger partial charge in [-0.1, -0.05) is 55.0 Å². The van der Waals surface area contributed by atoms with E-state index < -0.39 is 0 Å². The second-order valence-electron chi connectivity index (χ2n) is 6.93. The molecule has 1 fully saturated rings. The van der Waals surface area contributed by atoms with Crippen LogP contribution in [0.15, 0.2) is 18.2 Å². The highest BCUT2D eigenvalue weighted by molar-refractivity contribution is 5.33. The summed E-state index contributed by atoms with van der Waals surface area (Å²) in [6.07, 6.45) is 7.70. The molecule has 3 heteroatoms. The van der Waals surface area contributed by atoms with Gasteiger partial charge in [0.1, 0.15) is 0 Å². The lowest BCUT2D eigenvalue weighted by Gasteiger charge is -2.46. The van der Waals surface area contributed by atoms with Gasteiger partial charge in [0.2, 0.25) is 0 Å². The van der Waals surface area contributed by atoms with E-state index in [1.165, 1.54) is 55.2 Å². The molecule has 0 spiro atoms. The Labute approximate surface area is 129 Å². The predicted octanol–water partition coefficient (Wildman–Crippen LogP) is 3.46. The molecule has 1 atom stereocenters. The maximum Gasteiger partial charge on any atom is 0.0643 e. The van der Waals surface area contributed by atoms with E-state index in [-0.39, 0.29) is 11.6 Å². The molecule has 1 aliphatic carbocycles. The van der Waals surface area contributed by atoms with E-state index in [1.807, 2.05) is 0 Å². The van der Waals surface area contributed by atoms with Crippen LogP contribution >= 0.6 is 0 Å². The summed E-state index contributed by atoms with van der Waals surface area (Å²) < 4.78 is 0. The fraction of sp³-hybridized carbons (Fsp3) is 0.667. The molecule has 118 valence electrons. The molecule has 3 N–H and O–H groups in total. The van der Waals surface area contributed by atoms with Gasteiger partial charge in [-0.3, -0.25) is 11.3 Å². The minimum absolute atomic E-state index is 0.117. The largest absolute Gasteiger partial charge is 0.302 e. The van der Waals surface area contributed by atoms with Crippen molar-refractivity contribution in [2.75, 3.05) is 14.1 Å². The molecule has 0 bridgehead atoms. The van der Waals surface area contributed by atoms with E-state index in [0.29, 0.717) is 0 Å². The maximum atomic E-state index is 6.03. The fourth-order valence-corrected chi connectivity index (χ4v) is 4.07. The molecule has 0 aromatic heterocycles. The molecule has 1 saturated carbocycles. The first-order valence-corrected chi connectivity index (χ1v) is 8.21. The van der Waals surface area contributed by atoms with E-state index in [0.717, 1.165) is 0 Å². The van der Waals surface area contributed by atoms with Gasteiger partial charge >= 0.3 is 0 Å². The minimum atomic E-state index is 0.117. The Morgan fingerprint density at radius 2 is 1.52 bits per heavy atom. The highest BCUT2D eigenvalue weighted by Crippen LogP contribution is 2.41. The lowest BCUT2D eigenvalue weighted by Crippen LogP contribution is -2.55. The number of hydrogen-bond donors (Lipinski definition) is 2. The number of hydrazine groups is 1. The fourth-order valence-electron chi connectivity index (χ4n) is 4.07. The highest BCUT2D eigenvalue weighted by Gasteiger charge is 2.41.